The Morgan fingerprint density at radius 2 is 2.05 bits per heavy atom. The summed E-state index contributed by atoms with van der Waals surface area (Å²) in [6.07, 6.45) is 5.93. The van der Waals surface area contributed by atoms with E-state index in [9.17, 15) is 13.2 Å². The number of carbonyl (C=O) groups is 1. The van der Waals surface area contributed by atoms with E-state index in [-0.39, 0.29) is 17.4 Å². The molecular weight excluding hydrogens is 296 g/mol. The quantitative estimate of drug-likeness (QED) is 0.844. The Kier molecular flexibility index (Phi) is 4.52. The smallest absolute Gasteiger partial charge is 0.341 e. The third kappa shape index (κ3) is 3.35. The number of aromatic nitrogens is 2. The van der Waals surface area contributed by atoms with Gasteiger partial charge in [0, 0.05) is 20.1 Å². The van der Waals surface area contributed by atoms with E-state index in [2.05, 4.69) is 9.82 Å². The molecule has 0 radical (unpaired) electrons. The van der Waals surface area contributed by atoms with Crippen molar-refractivity contribution in [3.63, 3.8) is 0 Å². The average molecular weight is 316 g/mol. The average Bonchev–Trinajstić information content (AvgIpc) is 2.80. The summed E-state index contributed by atoms with van der Waals surface area (Å²) in [6.45, 7) is 0. The van der Waals surface area contributed by atoms with Gasteiger partial charge in [0.25, 0.3) is 0 Å². The molecule has 0 bridgehead atoms. The lowest BCUT2D eigenvalue weighted by atomic mass is 9.96. The minimum Gasteiger partial charge on any atom is -0.477 e. The van der Waals surface area contributed by atoms with Gasteiger partial charge in [-0.05, 0) is 12.8 Å². The zero-order valence-electron chi connectivity index (χ0n) is 12.1. The van der Waals surface area contributed by atoms with Crippen LogP contribution in [0.15, 0.2) is 6.20 Å². The molecule has 0 amide bonds. The molecule has 2 rings (SSSR count). The summed E-state index contributed by atoms with van der Waals surface area (Å²) in [6, 6.07) is -0.0437. The van der Waals surface area contributed by atoms with Gasteiger partial charge in [0.2, 0.25) is 0 Å². The normalized spacial score (nSPS) is 17.1. The summed E-state index contributed by atoms with van der Waals surface area (Å²) in [5, 5.41) is 12.8. The zero-order chi connectivity index (χ0) is 15.6. The maximum atomic E-state index is 12.4. The summed E-state index contributed by atoms with van der Waals surface area (Å²) < 4.78 is 29.6. The van der Waals surface area contributed by atoms with Gasteiger partial charge in [-0.2, -0.15) is 17.8 Å². The van der Waals surface area contributed by atoms with Crippen LogP contribution in [0.3, 0.4) is 0 Å². The van der Waals surface area contributed by atoms with E-state index in [1.54, 1.807) is 0 Å². The van der Waals surface area contributed by atoms with E-state index >= 15 is 0 Å². The largest absolute Gasteiger partial charge is 0.477 e. The van der Waals surface area contributed by atoms with Crippen LogP contribution in [-0.4, -0.2) is 46.7 Å². The standard InChI is InChI=1S/C12H20N4O4S/c1-15-11(10(8-13-15)12(17)18)14-21(19,20)16(2)9-6-4-3-5-7-9/h8-9,14H,3-7H2,1-2H3,(H,17,18). The number of nitrogens with zero attached hydrogens (tertiary/aromatic N) is 3. The molecule has 1 aliphatic carbocycles. The highest BCUT2D eigenvalue weighted by atomic mass is 32.2. The number of aryl methyl sites for hydroxylation is 1. The fourth-order valence-electron chi connectivity index (χ4n) is 2.55. The van der Waals surface area contributed by atoms with Crippen molar-refractivity contribution in [2.75, 3.05) is 11.8 Å². The van der Waals surface area contributed by atoms with Crippen LogP contribution in [-0.2, 0) is 17.3 Å². The third-order valence-corrected chi connectivity index (χ3v) is 5.37. The summed E-state index contributed by atoms with van der Waals surface area (Å²) in [4.78, 5) is 11.1. The third-order valence-electron chi connectivity index (χ3n) is 3.86. The van der Waals surface area contributed by atoms with Gasteiger partial charge < -0.3 is 5.11 Å². The van der Waals surface area contributed by atoms with Crippen LogP contribution in [0.2, 0.25) is 0 Å². The van der Waals surface area contributed by atoms with Gasteiger partial charge in [0.05, 0.1) is 6.20 Å². The van der Waals surface area contributed by atoms with Crippen molar-refractivity contribution in [2.24, 2.45) is 7.05 Å². The van der Waals surface area contributed by atoms with Crippen molar-refractivity contribution in [2.45, 2.75) is 38.1 Å². The maximum absolute atomic E-state index is 12.4. The summed E-state index contributed by atoms with van der Waals surface area (Å²) in [5.41, 5.74) is -0.168. The van der Waals surface area contributed by atoms with Gasteiger partial charge in [0.15, 0.2) is 5.82 Å². The molecule has 21 heavy (non-hydrogen) atoms. The van der Waals surface area contributed by atoms with Gasteiger partial charge in [-0.25, -0.2) is 4.79 Å². The van der Waals surface area contributed by atoms with E-state index in [1.165, 1.54) is 23.1 Å². The van der Waals surface area contributed by atoms with Gasteiger partial charge in [-0.15, -0.1) is 0 Å². The fourth-order valence-corrected chi connectivity index (χ4v) is 3.78. The highest BCUT2D eigenvalue weighted by Gasteiger charge is 2.29. The number of carboxylic acid groups (broad SMARTS) is 1. The fraction of sp³-hybridized carbons (Fsp3) is 0.667. The van der Waals surface area contributed by atoms with Gasteiger partial charge >= 0.3 is 16.2 Å². The minimum atomic E-state index is -3.80. The number of hydrogen-bond donors (Lipinski definition) is 2. The Morgan fingerprint density at radius 1 is 1.43 bits per heavy atom. The van der Waals surface area contributed by atoms with Crippen LogP contribution in [0.5, 0.6) is 0 Å². The molecule has 1 aromatic rings. The second kappa shape index (κ2) is 6.02. The lowest BCUT2D eigenvalue weighted by molar-refractivity contribution is 0.0698. The molecule has 0 saturated heterocycles. The molecule has 1 fully saturated rings. The molecule has 8 nitrogen and oxygen atoms in total. The monoisotopic (exact) mass is 316 g/mol. The first-order chi connectivity index (χ1) is 9.83. The van der Waals surface area contributed by atoms with E-state index in [0.29, 0.717) is 0 Å². The lowest BCUT2D eigenvalue weighted by Gasteiger charge is -2.30. The maximum Gasteiger partial charge on any atom is 0.341 e. The molecule has 1 aliphatic rings. The first-order valence-electron chi connectivity index (χ1n) is 6.84. The highest BCUT2D eigenvalue weighted by molar-refractivity contribution is 7.90. The topological polar surface area (TPSA) is 105 Å². The van der Waals surface area contributed by atoms with Crippen LogP contribution < -0.4 is 4.72 Å². The highest BCUT2D eigenvalue weighted by Crippen LogP contribution is 2.25. The number of nitrogens with one attached hydrogen (secondary N) is 1. The zero-order valence-corrected chi connectivity index (χ0v) is 12.9. The van der Waals surface area contributed by atoms with Crippen molar-refractivity contribution >= 4 is 22.0 Å². The number of aromatic carboxylic acids is 1. The predicted octanol–water partition coefficient (Wildman–Crippen LogP) is 1.04. The second-order valence-corrected chi connectivity index (χ2v) is 6.98. The van der Waals surface area contributed by atoms with Crippen LogP contribution >= 0.6 is 0 Å². The number of rotatable bonds is 5. The molecule has 1 heterocycles. The predicted molar refractivity (Wildman–Crippen MR) is 77.3 cm³/mol. The van der Waals surface area contributed by atoms with Crippen molar-refractivity contribution in [1.29, 1.82) is 0 Å². The summed E-state index contributed by atoms with van der Waals surface area (Å²) in [5.74, 6) is -1.26. The van der Waals surface area contributed by atoms with Gasteiger partial charge in [0.1, 0.15) is 5.56 Å². The second-order valence-electron chi connectivity index (χ2n) is 5.25. The molecule has 1 aromatic heterocycles. The first-order valence-corrected chi connectivity index (χ1v) is 8.28. The molecule has 0 aliphatic heterocycles. The van der Waals surface area contributed by atoms with Crippen LogP contribution in [0.4, 0.5) is 5.82 Å². The molecule has 118 valence electrons. The van der Waals surface area contributed by atoms with Gasteiger partial charge in [-0.1, -0.05) is 19.3 Å². The van der Waals surface area contributed by atoms with E-state index in [4.69, 9.17) is 5.11 Å². The number of anilines is 1. The molecule has 1 saturated carbocycles. The first kappa shape index (κ1) is 15.8. The molecule has 9 heteroatoms. The summed E-state index contributed by atoms with van der Waals surface area (Å²) in [7, 11) is -0.788. The van der Waals surface area contributed by atoms with E-state index in [0.717, 1.165) is 38.3 Å². The van der Waals surface area contributed by atoms with E-state index in [1.807, 2.05) is 0 Å². The molecule has 0 unspecified atom stereocenters. The summed E-state index contributed by atoms with van der Waals surface area (Å²) >= 11 is 0. The molecular formula is C12H20N4O4S. The SMILES string of the molecule is CN(C1CCCCC1)S(=O)(=O)Nc1c(C(=O)O)cnn1C. The Morgan fingerprint density at radius 3 is 2.62 bits per heavy atom. The molecule has 2 N–H and O–H groups in total. The van der Waals surface area contributed by atoms with Crippen LogP contribution in [0, 0.1) is 0 Å². The Labute approximate surface area is 123 Å². The van der Waals surface area contributed by atoms with Crippen LogP contribution in [0.1, 0.15) is 42.5 Å². The molecule has 0 atom stereocenters. The lowest BCUT2D eigenvalue weighted by Crippen LogP contribution is -2.42. The van der Waals surface area contributed by atoms with Crippen molar-refractivity contribution < 1.29 is 18.3 Å². The van der Waals surface area contributed by atoms with Crippen molar-refractivity contribution in [3.05, 3.63) is 11.8 Å². The molecule has 0 spiro atoms. The van der Waals surface area contributed by atoms with Gasteiger partial charge in [-0.3, -0.25) is 9.40 Å². The Hall–Kier alpha value is -1.61. The Balaban J connectivity index is 2.21. The van der Waals surface area contributed by atoms with Crippen molar-refractivity contribution in [1.82, 2.24) is 14.1 Å². The minimum absolute atomic E-state index is 0.0369. The number of hydrogen-bond acceptors (Lipinski definition) is 4. The van der Waals surface area contributed by atoms with Crippen molar-refractivity contribution in [3.8, 4) is 0 Å². The molecule has 0 aromatic carbocycles. The Bertz CT molecular complexity index is 619. The van der Waals surface area contributed by atoms with Crippen LogP contribution in [0.25, 0.3) is 0 Å². The van der Waals surface area contributed by atoms with E-state index < -0.39 is 16.2 Å². The number of carboxylic acids is 1.